The van der Waals surface area contributed by atoms with Crippen LogP contribution in [0.3, 0.4) is 0 Å². The fourth-order valence-corrected chi connectivity index (χ4v) is 2.73. The molecule has 1 unspecified atom stereocenters. The molecule has 1 aromatic carbocycles. The molecule has 1 fully saturated rings. The summed E-state index contributed by atoms with van der Waals surface area (Å²) in [5.41, 5.74) is 0.874. The Morgan fingerprint density at radius 3 is 3.05 bits per heavy atom. The summed E-state index contributed by atoms with van der Waals surface area (Å²) < 4.78 is 0. The first-order valence-corrected chi connectivity index (χ1v) is 8.00. The summed E-state index contributed by atoms with van der Waals surface area (Å²) in [7, 11) is 0. The first-order valence-electron chi connectivity index (χ1n) is 7.62. The number of anilines is 3. The number of hydrogen-bond donors (Lipinski definition) is 3. The molecular formula is C16H20ClN5. The average molecular weight is 318 g/mol. The van der Waals surface area contributed by atoms with Crippen LogP contribution in [-0.4, -0.2) is 29.1 Å². The molecule has 116 valence electrons. The summed E-state index contributed by atoms with van der Waals surface area (Å²) in [6, 6.07) is 9.90. The lowest BCUT2D eigenvalue weighted by molar-refractivity contribution is 0.414. The van der Waals surface area contributed by atoms with Crippen LogP contribution in [0.2, 0.25) is 5.02 Å². The minimum Gasteiger partial charge on any atom is -0.368 e. The first-order chi connectivity index (χ1) is 10.8. The average Bonchev–Trinajstić information content (AvgIpc) is 2.54. The van der Waals surface area contributed by atoms with Crippen LogP contribution in [0.25, 0.3) is 0 Å². The molecule has 0 bridgehead atoms. The minimum atomic E-state index is 0.521. The van der Waals surface area contributed by atoms with E-state index in [4.69, 9.17) is 11.6 Å². The van der Waals surface area contributed by atoms with Crippen molar-refractivity contribution in [2.75, 3.05) is 23.7 Å². The third-order valence-corrected chi connectivity index (χ3v) is 3.91. The fourth-order valence-electron chi connectivity index (χ4n) is 2.54. The molecule has 1 atom stereocenters. The van der Waals surface area contributed by atoms with Gasteiger partial charge in [0.1, 0.15) is 5.82 Å². The molecule has 2 heterocycles. The van der Waals surface area contributed by atoms with Crippen LogP contribution in [0.15, 0.2) is 36.5 Å². The Hall–Kier alpha value is -1.85. The molecule has 3 N–H and O–H groups in total. The van der Waals surface area contributed by atoms with Crippen molar-refractivity contribution in [3.63, 3.8) is 0 Å². The molecule has 2 aromatic rings. The number of rotatable bonds is 5. The van der Waals surface area contributed by atoms with Crippen molar-refractivity contribution < 1.29 is 0 Å². The second-order valence-corrected chi connectivity index (χ2v) is 5.87. The third kappa shape index (κ3) is 4.32. The SMILES string of the molecule is Clc1cccc(Nc2nccc(NCC3CCCCN3)n2)c1. The molecule has 0 amide bonds. The van der Waals surface area contributed by atoms with Crippen LogP contribution in [0.5, 0.6) is 0 Å². The van der Waals surface area contributed by atoms with Gasteiger partial charge in [-0.15, -0.1) is 0 Å². The zero-order valence-electron chi connectivity index (χ0n) is 12.3. The first kappa shape index (κ1) is 15.1. The maximum absolute atomic E-state index is 5.98. The van der Waals surface area contributed by atoms with Crippen molar-refractivity contribution in [3.05, 3.63) is 41.6 Å². The van der Waals surface area contributed by atoms with Gasteiger partial charge < -0.3 is 16.0 Å². The van der Waals surface area contributed by atoms with E-state index < -0.39 is 0 Å². The van der Waals surface area contributed by atoms with Crippen molar-refractivity contribution in [3.8, 4) is 0 Å². The van der Waals surface area contributed by atoms with Crippen LogP contribution in [0.1, 0.15) is 19.3 Å². The largest absolute Gasteiger partial charge is 0.368 e. The molecule has 0 spiro atoms. The van der Waals surface area contributed by atoms with Gasteiger partial charge >= 0.3 is 0 Å². The van der Waals surface area contributed by atoms with Gasteiger partial charge in [-0.3, -0.25) is 0 Å². The van der Waals surface area contributed by atoms with Crippen LogP contribution >= 0.6 is 11.6 Å². The molecule has 1 aliphatic heterocycles. The maximum Gasteiger partial charge on any atom is 0.229 e. The third-order valence-electron chi connectivity index (χ3n) is 3.68. The highest BCUT2D eigenvalue weighted by Gasteiger charge is 2.12. The van der Waals surface area contributed by atoms with Gasteiger partial charge in [-0.2, -0.15) is 4.98 Å². The van der Waals surface area contributed by atoms with Gasteiger partial charge in [0, 0.05) is 29.5 Å². The number of nitrogens with one attached hydrogen (secondary N) is 3. The molecule has 0 aliphatic carbocycles. The Kier molecular flexibility index (Phi) is 5.08. The van der Waals surface area contributed by atoms with E-state index in [2.05, 4.69) is 25.9 Å². The molecule has 1 aliphatic rings. The molecule has 0 saturated carbocycles. The van der Waals surface area contributed by atoms with Gasteiger partial charge in [0.05, 0.1) is 0 Å². The van der Waals surface area contributed by atoms with Crippen molar-refractivity contribution in [2.24, 2.45) is 0 Å². The zero-order chi connectivity index (χ0) is 15.2. The monoisotopic (exact) mass is 317 g/mol. The van der Waals surface area contributed by atoms with E-state index in [-0.39, 0.29) is 0 Å². The number of benzene rings is 1. The van der Waals surface area contributed by atoms with Crippen LogP contribution < -0.4 is 16.0 Å². The Morgan fingerprint density at radius 2 is 2.23 bits per heavy atom. The Labute approximate surface area is 135 Å². The summed E-state index contributed by atoms with van der Waals surface area (Å²) in [5.74, 6) is 1.38. The predicted octanol–water partition coefficient (Wildman–Crippen LogP) is 3.43. The molecule has 22 heavy (non-hydrogen) atoms. The second-order valence-electron chi connectivity index (χ2n) is 5.43. The quantitative estimate of drug-likeness (QED) is 0.788. The Morgan fingerprint density at radius 1 is 1.27 bits per heavy atom. The van der Waals surface area contributed by atoms with E-state index in [9.17, 15) is 0 Å². The summed E-state index contributed by atoms with van der Waals surface area (Å²) in [4.78, 5) is 8.72. The molecule has 3 rings (SSSR count). The maximum atomic E-state index is 5.98. The number of nitrogens with zero attached hydrogens (tertiary/aromatic N) is 2. The Bertz CT molecular complexity index is 613. The predicted molar refractivity (Wildman–Crippen MR) is 90.9 cm³/mol. The van der Waals surface area contributed by atoms with Crippen LogP contribution in [-0.2, 0) is 0 Å². The van der Waals surface area contributed by atoms with Crippen molar-refractivity contribution in [1.29, 1.82) is 0 Å². The molecule has 1 saturated heterocycles. The van der Waals surface area contributed by atoms with Gasteiger partial charge in [0.25, 0.3) is 0 Å². The van der Waals surface area contributed by atoms with Crippen molar-refractivity contribution in [2.45, 2.75) is 25.3 Å². The normalized spacial score (nSPS) is 18.0. The van der Waals surface area contributed by atoms with E-state index in [1.165, 1.54) is 19.3 Å². The highest BCUT2D eigenvalue weighted by Crippen LogP contribution is 2.18. The summed E-state index contributed by atoms with van der Waals surface area (Å²) in [6.45, 7) is 1.99. The lowest BCUT2D eigenvalue weighted by atomic mass is 10.1. The summed E-state index contributed by atoms with van der Waals surface area (Å²) >= 11 is 5.98. The molecular weight excluding hydrogens is 298 g/mol. The second kappa shape index (κ2) is 7.42. The fraction of sp³-hybridized carbons (Fsp3) is 0.375. The van der Waals surface area contributed by atoms with E-state index in [1.54, 1.807) is 6.20 Å². The van der Waals surface area contributed by atoms with Gasteiger partial charge in [0.15, 0.2) is 0 Å². The smallest absolute Gasteiger partial charge is 0.229 e. The number of hydrogen-bond acceptors (Lipinski definition) is 5. The molecule has 6 heteroatoms. The van der Waals surface area contributed by atoms with Crippen LogP contribution in [0, 0.1) is 0 Å². The van der Waals surface area contributed by atoms with Crippen LogP contribution in [0.4, 0.5) is 17.5 Å². The highest BCUT2D eigenvalue weighted by molar-refractivity contribution is 6.30. The Balaban J connectivity index is 1.59. The number of halogens is 1. The van der Waals surface area contributed by atoms with E-state index >= 15 is 0 Å². The van der Waals surface area contributed by atoms with Gasteiger partial charge in [-0.05, 0) is 43.7 Å². The summed E-state index contributed by atoms with van der Waals surface area (Å²) in [6.07, 6.45) is 5.53. The lowest BCUT2D eigenvalue weighted by Crippen LogP contribution is -2.39. The molecule has 0 radical (unpaired) electrons. The van der Waals surface area contributed by atoms with E-state index in [0.29, 0.717) is 17.0 Å². The van der Waals surface area contributed by atoms with E-state index in [0.717, 1.165) is 24.6 Å². The molecule has 5 nitrogen and oxygen atoms in total. The van der Waals surface area contributed by atoms with Gasteiger partial charge in [0.2, 0.25) is 5.95 Å². The highest BCUT2D eigenvalue weighted by atomic mass is 35.5. The van der Waals surface area contributed by atoms with Crippen molar-refractivity contribution >= 4 is 29.1 Å². The number of aromatic nitrogens is 2. The number of piperidine rings is 1. The van der Waals surface area contributed by atoms with E-state index in [1.807, 2.05) is 30.3 Å². The minimum absolute atomic E-state index is 0.521. The van der Waals surface area contributed by atoms with Gasteiger partial charge in [-0.1, -0.05) is 24.1 Å². The standard InChI is InChI=1S/C16H20ClN5/c17-12-4-3-6-13(10-12)21-16-19-9-7-15(22-16)20-11-14-5-1-2-8-18-14/h3-4,6-7,9-10,14,18H,1-2,5,8,11H2,(H2,19,20,21,22). The molecule has 1 aromatic heterocycles. The summed E-state index contributed by atoms with van der Waals surface area (Å²) in [5, 5.41) is 10.7. The zero-order valence-corrected chi connectivity index (χ0v) is 13.1. The van der Waals surface area contributed by atoms with Crippen molar-refractivity contribution in [1.82, 2.24) is 15.3 Å². The van der Waals surface area contributed by atoms with Gasteiger partial charge in [-0.25, -0.2) is 4.98 Å². The topological polar surface area (TPSA) is 61.9 Å². The lowest BCUT2D eigenvalue weighted by Gasteiger charge is -2.23.